The second-order valence-corrected chi connectivity index (χ2v) is 7.10. The zero-order valence-electron chi connectivity index (χ0n) is 16.0. The van der Waals surface area contributed by atoms with Crippen LogP contribution in [-0.2, 0) is 0 Å². The number of nitrogens with zero attached hydrogens (tertiary/aromatic N) is 3. The normalized spacial score (nSPS) is 10.9. The first-order valence-electron chi connectivity index (χ1n) is 8.58. The van der Waals surface area contributed by atoms with Gasteiger partial charge in [-0.05, 0) is 71.1 Å². The lowest BCUT2D eigenvalue weighted by atomic mass is 10.1. The molecule has 0 saturated heterocycles. The van der Waals surface area contributed by atoms with Crippen molar-refractivity contribution in [3.63, 3.8) is 0 Å². The van der Waals surface area contributed by atoms with E-state index < -0.39 is 0 Å². The van der Waals surface area contributed by atoms with E-state index in [0.29, 0.717) is 22.4 Å². The average molecular weight is 376 g/mol. The minimum absolute atomic E-state index is 0.305. The van der Waals surface area contributed by atoms with E-state index in [9.17, 15) is 4.79 Å². The quantitative estimate of drug-likeness (QED) is 0.722. The fourth-order valence-corrected chi connectivity index (χ4v) is 2.98. The fourth-order valence-electron chi connectivity index (χ4n) is 2.61. The third-order valence-corrected chi connectivity index (χ3v) is 4.12. The molecule has 1 aromatic carbocycles. The van der Waals surface area contributed by atoms with Crippen molar-refractivity contribution in [1.82, 2.24) is 14.9 Å². The summed E-state index contributed by atoms with van der Waals surface area (Å²) >= 11 is 6.28. The number of carbonyl (C=O) groups is 1. The summed E-state index contributed by atoms with van der Waals surface area (Å²) in [6.07, 6.45) is 0.962. The van der Waals surface area contributed by atoms with Crippen molar-refractivity contribution in [2.45, 2.75) is 27.2 Å². The molecule has 0 unspecified atom stereocenters. The largest absolute Gasteiger partial charge is 0.354 e. The summed E-state index contributed by atoms with van der Waals surface area (Å²) in [5.41, 5.74) is 3.61. The number of aryl methyl sites for hydroxylation is 3. The highest BCUT2D eigenvalue weighted by Crippen LogP contribution is 2.27. The minimum Gasteiger partial charge on any atom is -0.354 e. The Morgan fingerprint density at radius 1 is 1.15 bits per heavy atom. The van der Waals surface area contributed by atoms with Crippen LogP contribution in [0.1, 0.15) is 33.7 Å². The van der Waals surface area contributed by atoms with Gasteiger partial charge in [0.05, 0.1) is 10.7 Å². The molecule has 6 nitrogen and oxygen atoms in total. The van der Waals surface area contributed by atoms with E-state index in [0.717, 1.165) is 36.3 Å². The summed E-state index contributed by atoms with van der Waals surface area (Å²) < 4.78 is 0. The van der Waals surface area contributed by atoms with Gasteiger partial charge in [0.1, 0.15) is 5.69 Å². The molecule has 2 rings (SSSR count). The van der Waals surface area contributed by atoms with Gasteiger partial charge in [-0.2, -0.15) is 0 Å². The topological polar surface area (TPSA) is 70.2 Å². The Balaban J connectivity index is 2.11. The predicted molar refractivity (Wildman–Crippen MR) is 107 cm³/mol. The Morgan fingerprint density at radius 3 is 2.54 bits per heavy atom. The van der Waals surface area contributed by atoms with E-state index in [1.54, 1.807) is 6.07 Å². The maximum atomic E-state index is 12.6. The zero-order chi connectivity index (χ0) is 19.3. The Kier molecular flexibility index (Phi) is 6.94. The number of aromatic nitrogens is 2. The first-order valence-corrected chi connectivity index (χ1v) is 8.96. The van der Waals surface area contributed by atoms with Crippen molar-refractivity contribution in [3.8, 4) is 0 Å². The van der Waals surface area contributed by atoms with Gasteiger partial charge in [-0.1, -0.05) is 17.7 Å². The molecule has 2 aromatic rings. The number of benzene rings is 1. The average Bonchev–Trinajstić information content (AvgIpc) is 2.54. The standard InChI is InChI=1S/C19H26ClN5O/c1-12-9-13(2)17(15(20)10-12)24-18(26)16-11-14(3)22-19(23-16)21-7-6-8-25(4)5/h9-11H,6-8H2,1-5H3,(H,24,26)(H,21,22,23). The Bertz CT molecular complexity index is 768. The van der Waals surface area contributed by atoms with E-state index in [1.165, 1.54) is 0 Å². The molecule has 0 aliphatic heterocycles. The third kappa shape index (κ3) is 5.68. The number of halogens is 1. The van der Waals surface area contributed by atoms with Crippen molar-refractivity contribution >= 4 is 29.1 Å². The molecule has 0 spiro atoms. The molecule has 26 heavy (non-hydrogen) atoms. The molecule has 0 bridgehead atoms. The molecule has 140 valence electrons. The fraction of sp³-hybridized carbons (Fsp3) is 0.421. The van der Waals surface area contributed by atoms with Gasteiger partial charge in [-0.3, -0.25) is 4.79 Å². The van der Waals surface area contributed by atoms with Crippen LogP contribution >= 0.6 is 11.6 Å². The zero-order valence-corrected chi connectivity index (χ0v) is 16.7. The number of hydrogen-bond acceptors (Lipinski definition) is 5. The SMILES string of the molecule is Cc1cc(C)c(NC(=O)c2cc(C)nc(NCCCN(C)C)n2)c(Cl)c1. The highest BCUT2D eigenvalue weighted by molar-refractivity contribution is 6.34. The van der Waals surface area contributed by atoms with Gasteiger partial charge in [-0.15, -0.1) is 0 Å². The Hall–Kier alpha value is -2.18. The molecule has 0 radical (unpaired) electrons. The Labute approximate surface area is 160 Å². The second-order valence-electron chi connectivity index (χ2n) is 6.69. The van der Waals surface area contributed by atoms with E-state index >= 15 is 0 Å². The molecule has 7 heteroatoms. The molecule has 0 atom stereocenters. The maximum absolute atomic E-state index is 12.6. The van der Waals surface area contributed by atoms with Gasteiger partial charge < -0.3 is 15.5 Å². The molecule has 0 fully saturated rings. The molecule has 1 heterocycles. The van der Waals surface area contributed by atoms with Crippen LogP contribution in [0.15, 0.2) is 18.2 Å². The van der Waals surface area contributed by atoms with Gasteiger partial charge in [-0.25, -0.2) is 9.97 Å². The summed E-state index contributed by atoms with van der Waals surface area (Å²) in [5, 5.41) is 6.56. The highest BCUT2D eigenvalue weighted by atomic mass is 35.5. The van der Waals surface area contributed by atoms with Crippen LogP contribution in [0, 0.1) is 20.8 Å². The molecule has 1 aromatic heterocycles. The van der Waals surface area contributed by atoms with E-state index in [-0.39, 0.29) is 5.91 Å². The van der Waals surface area contributed by atoms with Crippen molar-refractivity contribution in [2.75, 3.05) is 37.8 Å². The van der Waals surface area contributed by atoms with Gasteiger partial charge in [0.15, 0.2) is 0 Å². The van der Waals surface area contributed by atoms with Crippen molar-refractivity contribution in [2.24, 2.45) is 0 Å². The van der Waals surface area contributed by atoms with Gasteiger partial charge >= 0.3 is 0 Å². The maximum Gasteiger partial charge on any atom is 0.274 e. The second kappa shape index (κ2) is 8.96. The predicted octanol–water partition coefficient (Wildman–Crippen LogP) is 3.67. The summed E-state index contributed by atoms with van der Waals surface area (Å²) in [6.45, 7) is 7.43. The summed E-state index contributed by atoms with van der Waals surface area (Å²) in [7, 11) is 4.06. The monoisotopic (exact) mass is 375 g/mol. The van der Waals surface area contributed by atoms with Crippen LogP contribution in [0.4, 0.5) is 11.6 Å². The Morgan fingerprint density at radius 2 is 1.88 bits per heavy atom. The van der Waals surface area contributed by atoms with Crippen molar-refractivity contribution < 1.29 is 4.79 Å². The van der Waals surface area contributed by atoms with Gasteiger partial charge in [0.2, 0.25) is 5.95 Å². The number of anilines is 2. The number of amides is 1. The van der Waals surface area contributed by atoms with Crippen LogP contribution in [0.3, 0.4) is 0 Å². The van der Waals surface area contributed by atoms with E-state index in [1.807, 2.05) is 47.0 Å². The number of rotatable bonds is 7. The molecular weight excluding hydrogens is 350 g/mol. The molecule has 0 aliphatic carbocycles. The lowest BCUT2D eigenvalue weighted by Crippen LogP contribution is -2.19. The van der Waals surface area contributed by atoms with Crippen molar-refractivity contribution in [3.05, 3.63) is 45.7 Å². The van der Waals surface area contributed by atoms with E-state index in [4.69, 9.17) is 11.6 Å². The van der Waals surface area contributed by atoms with Gasteiger partial charge in [0.25, 0.3) is 5.91 Å². The molecule has 0 aliphatic rings. The van der Waals surface area contributed by atoms with Crippen LogP contribution in [0.2, 0.25) is 5.02 Å². The molecule has 1 amide bonds. The lowest BCUT2D eigenvalue weighted by molar-refractivity contribution is 0.102. The van der Waals surface area contributed by atoms with Crippen LogP contribution in [0.25, 0.3) is 0 Å². The first kappa shape index (κ1) is 20.1. The summed E-state index contributed by atoms with van der Waals surface area (Å²) in [5.74, 6) is 0.154. The summed E-state index contributed by atoms with van der Waals surface area (Å²) in [6, 6.07) is 5.47. The number of hydrogen-bond donors (Lipinski definition) is 2. The van der Waals surface area contributed by atoms with Crippen LogP contribution in [0.5, 0.6) is 0 Å². The number of carbonyl (C=O) groups excluding carboxylic acids is 1. The van der Waals surface area contributed by atoms with Crippen molar-refractivity contribution in [1.29, 1.82) is 0 Å². The molecule has 2 N–H and O–H groups in total. The van der Waals surface area contributed by atoms with Crippen LogP contribution < -0.4 is 10.6 Å². The number of nitrogens with one attached hydrogen (secondary N) is 2. The lowest BCUT2D eigenvalue weighted by Gasteiger charge is -2.13. The molecular formula is C19H26ClN5O. The molecule has 0 saturated carbocycles. The first-order chi connectivity index (χ1) is 12.3. The summed E-state index contributed by atoms with van der Waals surface area (Å²) in [4.78, 5) is 23.4. The highest BCUT2D eigenvalue weighted by Gasteiger charge is 2.14. The van der Waals surface area contributed by atoms with Crippen LogP contribution in [-0.4, -0.2) is 48.0 Å². The van der Waals surface area contributed by atoms with Gasteiger partial charge in [0, 0.05) is 12.2 Å². The smallest absolute Gasteiger partial charge is 0.274 e. The third-order valence-electron chi connectivity index (χ3n) is 3.82. The van der Waals surface area contributed by atoms with E-state index in [2.05, 4.69) is 25.5 Å². The minimum atomic E-state index is -0.305.